The van der Waals surface area contributed by atoms with Crippen molar-refractivity contribution < 1.29 is 4.79 Å². The van der Waals surface area contributed by atoms with Crippen LogP contribution in [0.25, 0.3) is 10.9 Å². The fourth-order valence-electron chi connectivity index (χ4n) is 5.24. The predicted molar refractivity (Wildman–Crippen MR) is 128 cm³/mol. The topological polar surface area (TPSA) is 60.5 Å². The second-order valence-corrected chi connectivity index (χ2v) is 9.14. The largest absolute Gasteiger partial charge is 0.369 e. The molecule has 2 heterocycles. The van der Waals surface area contributed by atoms with Crippen molar-refractivity contribution in [3.63, 3.8) is 0 Å². The number of piperazine rings is 1. The van der Waals surface area contributed by atoms with Crippen LogP contribution in [0.15, 0.2) is 35.3 Å². The molecule has 2 aromatic carbocycles. The zero-order valence-electron chi connectivity index (χ0n) is 18.8. The van der Waals surface area contributed by atoms with Gasteiger partial charge in [-0.15, -0.1) is 0 Å². The molecule has 1 aliphatic carbocycles. The van der Waals surface area contributed by atoms with Gasteiger partial charge in [0.1, 0.15) is 0 Å². The van der Waals surface area contributed by atoms with Gasteiger partial charge < -0.3 is 15.2 Å². The lowest BCUT2D eigenvalue weighted by Crippen LogP contribution is -2.44. The highest BCUT2D eigenvalue weighted by Gasteiger charge is 2.40. The number of hydrogen-bond donors (Lipinski definition) is 2. The van der Waals surface area contributed by atoms with Gasteiger partial charge in [-0.25, -0.2) is 0 Å². The monoisotopic (exact) mass is 414 g/mol. The summed E-state index contributed by atoms with van der Waals surface area (Å²) in [7, 11) is 1.77. The molecule has 0 unspecified atom stereocenters. The number of aliphatic imine (C=N–C) groups is 1. The quantitative estimate of drug-likeness (QED) is 0.636. The molecule has 1 saturated heterocycles. The number of nitrogens with zero attached hydrogens (tertiary/aromatic N) is 2. The van der Waals surface area contributed by atoms with Crippen LogP contribution in [0.5, 0.6) is 0 Å². The standard InChI is InChI=1S/C26H30N4O/c1-5-17-13-19-20(14-22(17)30-10-8-28-9-11-30)26(2,3)25-23(24(19)31)18-7-6-16(15-27-4)12-21(18)29-25/h6-7,12-15,28-29H,5,8-11H2,1-4H3. The zero-order chi connectivity index (χ0) is 21.8. The Hall–Kier alpha value is -2.92. The van der Waals surface area contributed by atoms with E-state index in [0.717, 1.165) is 71.5 Å². The molecule has 0 bridgehead atoms. The zero-order valence-corrected chi connectivity index (χ0v) is 18.8. The first-order chi connectivity index (χ1) is 15.0. The molecule has 0 atom stereocenters. The average molecular weight is 415 g/mol. The number of aromatic amines is 1. The van der Waals surface area contributed by atoms with E-state index >= 15 is 0 Å². The van der Waals surface area contributed by atoms with Crippen LogP contribution in [0.4, 0.5) is 5.69 Å². The number of ketones is 1. The third-order valence-corrected chi connectivity index (χ3v) is 6.93. The Bertz CT molecular complexity index is 1210. The summed E-state index contributed by atoms with van der Waals surface area (Å²) >= 11 is 0. The first kappa shape index (κ1) is 20.0. The van der Waals surface area contributed by atoms with Crippen molar-refractivity contribution in [2.24, 2.45) is 4.99 Å². The Labute approximate surface area is 183 Å². The fourth-order valence-corrected chi connectivity index (χ4v) is 5.24. The minimum Gasteiger partial charge on any atom is -0.369 e. The molecule has 5 nitrogen and oxygen atoms in total. The summed E-state index contributed by atoms with van der Waals surface area (Å²) in [4.78, 5) is 24.0. The van der Waals surface area contributed by atoms with E-state index < -0.39 is 0 Å². The number of nitrogens with one attached hydrogen (secondary N) is 2. The van der Waals surface area contributed by atoms with Crippen molar-refractivity contribution in [1.29, 1.82) is 0 Å². The summed E-state index contributed by atoms with van der Waals surface area (Å²) < 4.78 is 0. The summed E-state index contributed by atoms with van der Waals surface area (Å²) in [6, 6.07) is 10.6. The summed E-state index contributed by atoms with van der Waals surface area (Å²) in [5, 5.41) is 4.44. The van der Waals surface area contributed by atoms with Gasteiger partial charge in [0.25, 0.3) is 0 Å². The summed E-state index contributed by atoms with van der Waals surface area (Å²) in [6.45, 7) is 10.6. The molecule has 160 valence electrons. The van der Waals surface area contributed by atoms with Crippen LogP contribution < -0.4 is 10.2 Å². The number of aromatic nitrogens is 1. The van der Waals surface area contributed by atoms with Crippen LogP contribution in [0.3, 0.4) is 0 Å². The van der Waals surface area contributed by atoms with E-state index in [1.807, 2.05) is 12.3 Å². The van der Waals surface area contributed by atoms with E-state index in [2.05, 4.69) is 65.2 Å². The molecule has 3 aromatic rings. The highest BCUT2D eigenvalue weighted by molar-refractivity contribution is 6.20. The van der Waals surface area contributed by atoms with Gasteiger partial charge in [-0.2, -0.15) is 0 Å². The van der Waals surface area contributed by atoms with Gasteiger partial charge >= 0.3 is 0 Å². The van der Waals surface area contributed by atoms with Crippen LogP contribution in [-0.2, 0) is 11.8 Å². The van der Waals surface area contributed by atoms with Gasteiger partial charge in [0.05, 0.1) is 5.56 Å². The number of benzene rings is 2. The molecule has 5 heteroatoms. The SMILES string of the molecule is CCc1cc2c(cc1N1CCNCC1)C(C)(C)c1[nH]c3cc(C=NC)ccc3c1C2=O. The van der Waals surface area contributed by atoms with Crippen LogP contribution >= 0.6 is 0 Å². The van der Waals surface area contributed by atoms with E-state index in [-0.39, 0.29) is 11.2 Å². The molecular weight excluding hydrogens is 384 g/mol. The highest BCUT2D eigenvalue weighted by Crippen LogP contribution is 2.45. The second-order valence-electron chi connectivity index (χ2n) is 9.14. The van der Waals surface area contributed by atoms with E-state index in [0.29, 0.717) is 0 Å². The molecule has 31 heavy (non-hydrogen) atoms. The molecule has 0 radical (unpaired) electrons. The van der Waals surface area contributed by atoms with Crippen molar-refractivity contribution in [2.45, 2.75) is 32.6 Å². The smallest absolute Gasteiger partial charge is 0.195 e. The third-order valence-electron chi connectivity index (χ3n) is 6.93. The van der Waals surface area contributed by atoms with E-state index in [1.165, 1.54) is 11.3 Å². The first-order valence-electron chi connectivity index (χ1n) is 11.2. The van der Waals surface area contributed by atoms with Gasteiger partial charge in [-0.05, 0) is 41.3 Å². The molecular formula is C26H30N4O. The van der Waals surface area contributed by atoms with Crippen molar-refractivity contribution in [2.75, 3.05) is 38.1 Å². The molecule has 1 fully saturated rings. The second kappa shape index (κ2) is 7.34. The summed E-state index contributed by atoms with van der Waals surface area (Å²) in [6.07, 6.45) is 2.76. The highest BCUT2D eigenvalue weighted by atomic mass is 16.1. The van der Waals surface area contributed by atoms with Crippen molar-refractivity contribution in [3.05, 3.63) is 63.8 Å². The third kappa shape index (κ3) is 3.02. The lowest BCUT2D eigenvalue weighted by atomic mass is 9.70. The molecule has 1 aliphatic heterocycles. The Morgan fingerprint density at radius 1 is 1.16 bits per heavy atom. The number of fused-ring (bicyclic) bond motifs is 4. The maximum absolute atomic E-state index is 13.8. The first-order valence-corrected chi connectivity index (χ1v) is 11.2. The summed E-state index contributed by atoms with van der Waals surface area (Å²) in [5.74, 6) is 0.133. The lowest BCUT2D eigenvalue weighted by molar-refractivity contribution is 0.103. The van der Waals surface area contributed by atoms with E-state index in [1.54, 1.807) is 7.05 Å². The number of rotatable bonds is 3. The Kier molecular flexibility index (Phi) is 4.74. The number of anilines is 1. The Balaban J connectivity index is 1.71. The minimum absolute atomic E-state index is 0.133. The minimum atomic E-state index is -0.286. The van der Waals surface area contributed by atoms with E-state index in [9.17, 15) is 4.79 Å². The molecule has 5 rings (SSSR count). The maximum atomic E-state index is 13.8. The molecule has 0 spiro atoms. The number of H-pyrrole nitrogens is 1. The number of carbonyl (C=O) groups excluding carboxylic acids is 1. The number of hydrogen-bond acceptors (Lipinski definition) is 4. The molecule has 0 amide bonds. The molecule has 2 aliphatic rings. The molecule has 0 saturated carbocycles. The summed E-state index contributed by atoms with van der Waals surface area (Å²) in [5.41, 5.74) is 8.10. The van der Waals surface area contributed by atoms with Crippen LogP contribution in [0.2, 0.25) is 0 Å². The Morgan fingerprint density at radius 3 is 2.65 bits per heavy atom. The average Bonchev–Trinajstić information content (AvgIpc) is 3.18. The fraction of sp³-hybridized carbons (Fsp3) is 0.385. The van der Waals surface area contributed by atoms with E-state index in [4.69, 9.17) is 0 Å². The number of aryl methyl sites for hydroxylation is 1. The van der Waals surface area contributed by atoms with Gasteiger partial charge in [-0.1, -0.05) is 32.9 Å². The van der Waals surface area contributed by atoms with Gasteiger partial charge in [0.2, 0.25) is 0 Å². The lowest BCUT2D eigenvalue weighted by Gasteiger charge is -2.36. The van der Waals surface area contributed by atoms with Crippen molar-refractivity contribution in [3.8, 4) is 0 Å². The van der Waals surface area contributed by atoms with Gasteiger partial charge in [0, 0.05) is 72.7 Å². The molecule has 1 aromatic heterocycles. The Morgan fingerprint density at radius 2 is 1.94 bits per heavy atom. The van der Waals surface area contributed by atoms with Gasteiger partial charge in [0.15, 0.2) is 5.78 Å². The van der Waals surface area contributed by atoms with Crippen molar-refractivity contribution >= 4 is 28.6 Å². The maximum Gasteiger partial charge on any atom is 0.195 e. The van der Waals surface area contributed by atoms with Crippen LogP contribution in [-0.4, -0.2) is 50.2 Å². The van der Waals surface area contributed by atoms with Crippen molar-refractivity contribution in [1.82, 2.24) is 10.3 Å². The molecule has 2 N–H and O–H groups in total. The number of carbonyl (C=O) groups is 1. The van der Waals surface area contributed by atoms with Gasteiger partial charge in [-0.3, -0.25) is 9.79 Å². The predicted octanol–water partition coefficient (Wildman–Crippen LogP) is 4.06. The van der Waals surface area contributed by atoms with Crippen LogP contribution in [0.1, 0.15) is 59.1 Å². The normalized spacial score (nSPS) is 17.9. The van der Waals surface area contributed by atoms with Crippen LogP contribution in [0, 0.1) is 0 Å².